The van der Waals surface area contributed by atoms with Crippen molar-refractivity contribution in [3.05, 3.63) is 54.1 Å². The topological polar surface area (TPSA) is 171 Å². The number of nitrogens with zero attached hydrogens (tertiary/aromatic N) is 6. The van der Waals surface area contributed by atoms with E-state index < -0.39 is 0 Å². The lowest BCUT2D eigenvalue weighted by molar-refractivity contribution is 0.475. The van der Waals surface area contributed by atoms with Crippen LogP contribution < -0.4 is 11.5 Å². The normalized spacial score (nSPS) is 11.1. The average Bonchev–Trinajstić information content (AvgIpc) is 3.02. The number of phenolic OH excluding ortho intramolecular Hbond substituents is 2. The Bertz CT molecular complexity index is 1290. The summed E-state index contributed by atoms with van der Waals surface area (Å²) in [6.07, 6.45) is 0. The molecule has 0 atom stereocenters. The summed E-state index contributed by atoms with van der Waals surface area (Å²) >= 11 is 0. The summed E-state index contributed by atoms with van der Waals surface area (Å²) in [7, 11) is 0. The monoisotopic (exact) mass is 386 g/mol. The fourth-order valence-corrected chi connectivity index (χ4v) is 2.79. The zero-order chi connectivity index (χ0) is 20.5. The van der Waals surface area contributed by atoms with E-state index >= 15 is 0 Å². The number of aromatic nitrogens is 3. The van der Waals surface area contributed by atoms with E-state index in [1.165, 1.54) is 28.8 Å². The minimum Gasteiger partial charge on any atom is -0.508 e. The summed E-state index contributed by atoms with van der Waals surface area (Å²) in [4.78, 5) is 4.23. The SMILES string of the molecule is N#Cc1c(N)nc2c(N=Nc3ccc(O)cc3)c(N)nn2c1-c1ccc(O)cc1. The molecule has 0 fully saturated rings. The summed E-state index contributed by atoms with van der Waals surface area (Å²) in [6.45, 7) is 0. The molecule has 0 unspecified atom stereocenters. The third-order valence-corrected chi connectivity index (χ3v) is 4.16. The highest BCUT2D eigenvalue weighted by atomic mass is 16.3. The Morgan fingerprint density at radius 2 is 1.52 bits per heavy atom. The van der Waals surface area contributed by atoms with Crippen LogP contribution in [0.4, 0.5) is 23.0 Å². The summed E-state index contributed by atoms with van der Waals surface area (Å²) in [5, 5.41) is 41.0. The highest BCUT2D eigenvalue weighted by Crippen LogP contribution is 2.35. The van der Waals surface area contributed by atoms with E-state index in [-0.39, 0.29) is 40.0 Å². The van der Waals surface area contributed by atoms with E-state index in [9.17, 15) is 15.5 Å². The minimum atomic E-state index is -0.0101. The first-order valence-electron chi connectivity index (χ1n) is 8.36. The van der Waals surface area contributed by atoms with Gasteiger partial charge >= 0.3 is 0 Å². The molecule has 29 heavy (non-hydrogen) atoms. The molecule has 0 saturated heterocycles. The molecule has 10 nitrogen and oxygen atoms in total. The molecule has 0 amide bonds. The van der Waals surface area contributed by atoms with Gasteiger partial charge in [-0.2, -0.15) is 10.4 Å². The van der Waals surface area contributed by atoms with Crippen molar-refractivity contribution in [3.63, 3.8) is 0 Å². The number of nitriles is 1. The number of hydrogen-bond donors (Lipinski definition) is 4. The standard InChI is InChI=1S/C19H14N8O2/c20-9-14-16(10-1-5-12(28)6-2-10)27-19(23-17(14)21)15(18(22)26-27)25-24-11-3-7-13(29)8-4-11/h1-8,28-29H,(H2,21,23)(H2,22,26). The van der Waals surface area contributed by atoms with Gasteiger partial charge in [0.15, 0.2) is 17.2 Å². The second-order valence-electron chi connectivity index (χ2n) is 6.06. The van der Waals surface area contributed by atoms with E-state index in [1.54, 1.807) is 24.3 Å². The molecular weight excluding hydrogens is 372 g/mol. The molecule has 0 bridgehead atoms. The Kier molecular flexibility index (Phi) is 4.17. The van der Waals surface area contributed by atoms with Crippen molar-refractivity contribution in [2.45, 2.75) is 0 Å². The minimum absolute atomic E-state index is 0.0101. The van der Waals surface area contributed by atoms with E-state index in [2.05, 4.69) is 20.3 Å². The van der Waals surface area contributed by atoms with Crippen LogP contribution in [-0.2, 0) is 0 Å². The zero-order valence-corrected chi connectivity index (χ0v) is 14.9. The van der Waals surface area contributed by atoms with Crippen molar-refractivity contribution >= 4 is 28.7 Å². The molecular formula is C19H14N8O2. The van der Waals surface area contributed by atoms with Crippen LogP contribution in [0.15, 0.2) is 58.8 Å². The molecule has 10 heteroatoms. The van der Waals surface area contributed by atoms with Crippen LogP contribution in [-0.4, -0.2) is 24.8 Å². The van der Waals surface area contributed by atoms with Gasteiger partial charge in [-0.1, -0.05) is 0 Å². The first kappa shape index (κ1) is 17.7. The lowest BCUT2D eigenvalue weighted by Crippen LogP contribution is -2.05. The number of nitrogen functional groups attached to an aromatic ring is 2. The van der Waals surface area contributed by atoms with Crippen LogP contribution in [0.5, 0.6) is 11.5 Å². The van der Waals surface area contributed by atoms with Crippen LogP contribution in [0.3, 0.4) is 0 Å². The highest BCUT2D eigenvalue weighted by Gasteiger charge is 2.21. The third-order valence-electron chi connectivity index (χ3n) is 4.16. The number of anilines is 2. The van der Waals surface area contributed by atoms with Gasteiger partial charge in [-0.25, -0.2) is 9.50 Å². The molecule has 6 N–H and O–H groups in total. The van der Waals surface area contributed by atoms with E-state index in [4.69, 9.17) is 11.5 Å². The Morgan fingerprint density at radius 1 is 0.897 bits per heavy atom. The van der Waals surface area contributed by atoms with Crippen molar-refractivity contribution in [1.82, 2.24) is 14.6 Å². The highest BCUT2D eigenvalue weighted by molar-refractivity contribution is 5.83. The average molecular weight is 386 g/mol. The predicted molar refractivity (Wildman–Crippen MR) is 106 cm³/mol. The van der Waals surface area contributed by atoms with Crippen LogP contribution in [0.25, 0.3) is 16.9 Å². The first-order valence-corrected chi connectivity index (χ1v) is 8.36. The maximum absolute atomic E-state index is 9.57. The van der Waals surface area contributed by atoms with Gasteiger partial charge in [-0.05, 0) is 48.5 Å². The lowest BCUT2D eigenvalue weighted by atomic mass is 10.1. The van der Waals surface area contributed by atoms with Crippen molar-refractivity contribution < 1.29 is 10.2 Å². The Morgan fingerprint density at radius 3 is 2.14 bits per heavy atom. The number of phenols is 2. The largest absolute Gasteiger partial charge is 0.508 e. The van der Waals surface area contributed by atoms with Gasteiger partial charge in [0, 0.05) is 5.56 Å². The molecule has 0 spiro atoms. The summed E-state index contributed by atoms with van der Waals surface area (Å²) in [5.74, 6) is 0.226. The Labute approximate surface area is 164 Å². The van der Waals surface area contributed by atoms with E-state index in [0.29, 0.717) is 16.9 Å². The molecule has 4 rings (SSSR count). The number of benzene rings is 2. The maximum Gasteiger partial charge on any atom is 0.187 e. The van der Waals surface area contributed by atoms with Gasteiger partial charge in [-0.3, -0.25) is 0 Å². The fraction of sp³-hybridized carbons (Fsp3) is 0. The van der Waals surface area contributed by atoms with Crippen molar-refractivity contribution in [3.8, 4) is 28.8 Å². The Hall–Kier alpha value is -4.65. The molecule has 2 heterocycles. The summed E-state index contributed by atoms with van der Waals surface area (Å²) < 4.78 is 1.38. The molecule has 0 aliphatic heterocycles. The molecule has 0 radical (unpaired) electrons. The fourth-order valence-electron chi connectivity index (χ4n) is 2.79. The van der Waals surface area contributed by atoms with Gasteiger partial charge in [0.2, 0.25) is 0 Å². The van der Waals surface area contributed by atoms with Crippen molar-refractivity contribution in [2.75, 3.05) is 11.5 Å². The molecule has 142 valence electrons. The number of aromatic hydroxyl groups is 2. The number of rotatable bonds is 3. The van der Waals surface area contributed by atoms with Crippen LogP contribution in [0, 0.1) is 11.3 Å². The second-order valence-corrected chi connectivity index (χ2v) is 6.06. The zero-order valence-electron chi connectivity index (χ0n) is 14.9. The predicted octanol–water partition coefficient (Wildman–Crippen LogP) is 3.26. The van der Waals surface area contributed by atoms with E-state index in [1.807, 2.05) is 6.07 Å². The van der Waals surface area contributed by atoms with Gasteiger partial charge in [0.1, 0.15) is 28.9 Å². The van der Waals surface area contributed by atoms with Crippen molar-refractivity contribution in [2.24, 2.45) is 10.2 Å². The number of fused-ring (bicyclic) bond motifs is 1. The molecule has 2 aromatic carbocycles. The maximum atomic E-state index is 9.57. The quantitative estimate of drug-likeness (QED) is 0.391. The van der Waals surface area contributed by atoms with Gasteiger partial charge in [0.05, 0.1) is 11.4 Å². The van der Waals surface area contributed by atoms with Crippen LogP contribution in [0.2, 0.25) is 0 Å². The molecule has 0 aliphatic carbocycles. The molecule has 0 aliphatic rings. The van der Waals surface area contributed by atoms with Gasteiger partial charge in [-0.15, -0.1) is 10.2 Å². The van der Waals surface area contributed by atoms with Crippen LogP contribution >= 0.6 is 0 Å². The molecule has 0 saturated carbocycles. The Balaban J connectivity index is 1.93. The molecule has 4 aromatic rings. The van der Waals surface area contributed by atoms with Crippen molar-refractivity contribution in [1.29, 1.82) is 5.26 Å². The number of nitrogens with two attached hydrogens (primary N) is 2. The second kappa shape index (κ2) is 6.82. The van der Waals surface area contributed by atoms with Gasteiger partial charge < -0.3 is 21.7 Å². The first-order chi connectivity index (χ1) is 14.0. The number of hydrogen-bond acceptors (Lipinski definition) is 9. The third kappa shape index (κ3) is 3.13. The van der Waals surface area contributed by atoms with Crippen LogP contribution in [0.1, 0.15) is 5.56 Å². The van der Waals surface area contributed by atoms with Gasteiger partial charge in [0.25, 0.3) is 0 Å². The smallest absolute Gasteiger partial charge is 0.187 e. The van der Waals surface area contributed by atoms with E-state index in [0.717, 1.165) is 0 Å². The number of azo groups is 1. The summed E-state index contributed by atoms with van der Waals surface area (Å²) in [5.41, 5.74) is 14.0. The summed E-state index contributed by atoms with van der Waals surface area (Å²) in [6, 6.07) is 14.4. The molecule has 2 aromatic heterocycles. The lowest BCUT2D eigenvalue weighted by Gasteiger charge is -2.09.